The number of hydrogen-bond acceptors (Lipinski definition) is 2. The Kier molecular flexibility index (Phi) is 5.59. The van der Waals surface area contributed by atoms with Gasteiger partial charge in [0, 0.05) is 23.1 Å². The van der Waals surface area contributed by atoms with E-state index in [-0.39, 0.29) is 17.9 Å². The number of hydrogen-bond donors (Lipinski definition) is 2. The van der Waals surface area contributed by atoms with Gasteiger partial charge in [0.25, 0.3) is 0 Å². The van der Waals surface area contributed by atoms with Crippen molar-refractivity contribution in [3.8, 4) is 11.8 Å². The molecule has 2 N–H and O–H groups in total. The summed E-state index contributed by atoms with van der Waals surface area (Å²) in [5.41, 5.74) is 1.21. The van der Waals surface area contributed by atoms with E-state index < -0.39 is 0 Å². The summed E-state index contributed by atoms with van der Waals surface area (Å²) in [7, 11) is 0. The van der Waals surface area contributed by atoms with Crippen LogP contribution >= 0.6 is 0 Å². The summed E-state index contributed by atoms with van der Waals surface area (Å²) in [6, 6.07) is 7.43. The van der Waals surface area contributed by atoms with E-state index in [0.29, 0.717) is 6.42 Å². The SMILES string of the molecule is CCC(C)(C)C(=O)Nc1cccc(C#CCCO)c1. The molecule has 0 aliphatic carbocycles. The Balaban J connectivity index is 2.78. The third-order valence-electron chi connectivity index (χ3n) is 3.09. The van der Waals surface area contributed by atoms with Gasteiger partial charge in [0.05, 0.1) is 6.61 Å². The molecule has 0 saturated carbocycles. The van der Waals surface area contributed by atoms with Crippen LogP contribution in [0.4, 0.5) is 5.69 Å². The minimum Gasteiger partial charge on any atom is -0.395 e. The monoisotopic (exact) mass is 259 g/mol. The summed E-state index contributed by atoms with van der Waals surface area (Å²) >= 11 is 0. The van der Waals surface area contributed by atoms with Crippen LogP contribution in [0.2, 0.25) is 0 Å². The van der Waals surface area contributed by atoms with Gasteiger partial charge in [-0.1, -0.05) is 38.7 Å². The van der Waals surface area contributed by atoms with E-state index in [9.17, 15) is 4.79 Å². The van der Waals surface area contributed by atoms with E-state index in [1.54, 1.807) is 0 Å². The molecule has 102 valence electrons. The summed E-state index contributed by atoms with van der Waals surface area (Å²) in [6.07, 6.45) is 1.24. The lowest BCUT2D eigenvalue weighted by atomic mass is 9.89. The molecule has 0 aromatic heterocycles. The van der Waals surface area contributed by atoms with E-state index in [0.717, 1.165) is 17.7 Å². The molecule has 19 heavy (non-hydrogen) atoms. The van der Waals surface area contributed by atoms with Gasteiger partial charge in [0.15, 0.2) is 0 Å². The van der Waals surface area contributed by atoms with Gasteiger partial charge in [-0.15, -0.1) is 0 Å². The molecule has 0 aliphatic rings. The topological polar surface area (TPSA) is 49.3 Å². The zero-order valence-corrected chi connectivity index (χ0v) is 11.8. The molecular weight excluding hydrogens is 238 g/mol. The molecule has 0 spiro atoms. The number of anilines is 1. The molecule has 0 heterocycles. The lowest BCUT2D eigenvalue weighted by Crippen LogP contribution is -2.29. The fourth-order valence-electron chi connectivity index (χ4n) is 1.36. The van der Waals surface area contributed by atoms with Crippen LogP contribution in [0.1, 0.15) is 39.2 Å². The molecule has 3 nitrogen and oxygen atoms in total. The molecular formula is C16H21NO2. The molecule has 3 heteroatoms. The fraction of sp³-hybridized carbons (Fsp3) is 0.438. The van der Waals surface area contributed by atoms with Gasteiger partial charge in [-0.3, -0.25) is 4.79 Å². The Labute approximate surface area is 115 Å². The maximum atomic E-state index is 12.1. The highest BCUT2D eigenvalue weighted by Gasteiger charge is 2.25. The molecule has 0 aliphatic heterocycles. The number of carbonyl (C=O) groups is 1. The number of amides is 1. The fourth-order valence-corrected chi connectivity index (χ4v) is 1.36. The minimum absolute atomic E-state index is 0.00969. The van der Waals surface area contributed by atoms with Gasteiger partial charge in [0.2, 0.25) is 5.91 Å². The van der Waals surface area contributed by atoms with Crippen molar-refractivity contribution in [2.24, 2.45) is 5.41 Å². The average molecular weight is 259 g/mol. The van der Waals surface area contributed by atoms with Crippen LogP contribution in [0.15, 0.2) is 24.3 Å². The first-order valence-electron chi connectivity index (χ1n) is 6.51. The molecule has 1 rings (SSSR count). The number of carbonyl (C=O) groups excluding carboxylic acids is 1. The van der Waals surface area contributed by atoms with Gasteiger partial charge < -0.3 is 10.4 Å². The smallest absolute Gasteiger partial charge is 0.230 e. The molecule has 1 aromatic rings. The minimum atomic E-state index is -0.376. The van der Waals surface area contributed by atoms with Crippen molar-refractivity contribution in [2.45, 2.75) is 33.6 Å². The number of nitrogens with one attached hydrogen (secondary N) is 1. The number of aliphatic hydroxyl groups is 1. The molecule has 1 aromatic carbocycles. The highest BCUT2D eigenvalue weighted by Crippen LogP contribution is 2.22. The first-order valence-corrected chi connectivity index (χ1v) is 6.51. The third kappa shape index (κ3) is 4.76. The first-order chi connectivity index (χ1) is 8.99. The van der Waals surface area contributed by atoms with Crippen molar-refractivity contribution in [3.63, 3.8) is 0 Å². The summed E-state index contributed by atoms with van der Waals surface area (Å²) in [5, 5.41) is 11.6. The van der Waals surface area contributed by atoms with Crippen molar-refractivity contribution in [1.82, 2.24) is 0 Å². The summed E-state index contributed by atoms with van der Waals surface area (Å²) in [4.78, 5) is 12.1. The Bertz CT molecular complexity index is 495. The highest BCUT2D eigenvalue weighted by atomic mass is 16.2. The Morgan fingerprint density at radius 1 is 1.42 bits per heavy atom. The van der Waals surface area contributed by atoms with Gasteiger partial charge in [-0.2, -0.15) is 0 Å². The van der Waals surface area contributed by atoms with Crippen LogP contribution in [0.3, 0.4) is 0 Å². The summed E-state index contributed by atoms with van der Waals surface area (Å²) in [5.74, 6) is 5.82. The van der Waals surface area contributed by atoms with Crippen LogP contribution in [0.5, 0.6) is 0 Å². The summed E-state index contributed by atoms with van der Waals surface area (Å²) in [6.45, 7) is 5.91. The highest BCUT2D eigenvalue weighted by molar-refractivity contribution is 5.94. The normalized spacial score (nSPS) is 10.5. The van der Waals surface area contributed by atoms with Crippen LogP contribution < -0.4 is 5.32 Å². The second-order valence-corrected chi connectivity index (χ2v) is 5.05. The van der Waals surface area contributed by atoms with Crippen LogP contribution in [0, 0.1) is 17.3 Å². The zero-order chi connectivity index (χ0) is 14.3. The Morgan fingerprint density at radius 2 is 2.16 bits per heavy atom. The van der Waals surface area contributed by atoms with Crippen molar-refractivity contribution in [2.75, 3.05) is 11.9 Å². The molecule has 0 saturated heterocycles. The maximum Gasteiger partial charge on any atom is 0.230 e. The second kappa shape index (κ2) is 6.96. The van der Waals surface area contributed by atoms with Crippen LogP contribution in [-0.4, -0.2) is 17.6 Å². The van der Waals surface area contributed by atoms with Crippen molar-refractivity contribution >= 4 is 11.6 Å². The lowest BCUT2D eigenvalue weighted by molar-refractivity contribution is -0.124. The molecule has 1 amide bonds. The zero-order valence-electron chi connectivity index (χ0n) is 11.8. The standard InChI is InChI=1S/C16H21NO2/c1-4-16(2,3)15(19)17-14-10-7-9-13(12-14)8-5-6-11-18/h7,9-10,12,18H,4,6,11H2,1-3H3,(H,17,19). The van der Waals surface area contributed by atoms with E-state index in [4.69, 9.17) is 5.11 Å². The average Bonchev–Trinajstić information content (AvgIpc) is 2.39. The predicted molar refractivity (Wildman–Crippen MR) is 77.7 cm³/mol. The Morgan fingerprint density at radius 3 is 2.79 bits per heavy atom. The van der Waals surface area contributed by atoms with E-state index >= 15 is 0 Å². The summed E-state index contributed by atoms with van der Waals surface area (Å²) < 4.78 is 0. The van der Waals surface area contributed by atoms with Crippen LogP contribution in [-0.2, 0) is 4.79 Å². The first kappa shape index (κ1) is 15.3. The van der Waals surface area contributed by atoms with Gasteiger partial charge in [0.1, 0.15) is 0 Å². The number of aliphatic hydroxyl groups excluding tert-OH is 1. The quantitative estimate of drug-likeness (QED) is 0.817. The largest absolute Gasteiger partial charge is 0.395 e. The molecule has 0 unspecified atom stereocenters. The predicted octanol–water partition coefficient (Wildman–Crippen LogP) is 2.80. The second-order valence-electron chi connectivity index (χ2n) is 5.05. The van der Waals surface area contributed by atoms with Gasteiger partial charge in [-0.05, 0) is 24.6 Å². The molecule has 0 fully saturated rings. The third-order valence-corrected chi connectivity index (χ3v) is 3.09. The van der Waals surface area contributed by atoms with Crippen molar-refractivity contribution < 1.29 is 9.90 Å². The number of rotatable bonds is 4. The van der Waals surface area contributed by atoms with Gasteiger partial charge in [-0.25, -0.2) is 0 Å². The van der Waals surface area contributed by atoms with Crippen molar-refractivity contribution in [1.29, 1.82) is 0 Å². The van der Waals surface area contributed by atoms with E-state index in [2.05, 4.69) is 17.2 Å². The Hall–Kier alpha value is -1.79. The maximum absolute atomic E-state index is 12.1. The van der Waals surface area contributed by atoms with E-state index in [1.807, 2.05) is 45.0 Å². The van der Waals surface area contributed by atoms with Crippen molar-refractivity contribution in [3.05, 3.63) is 29.8 Å². The molecule has 0 radical (unpaired) electrons. The number of benzene rings is 1. The van der Waals surface area contributed by atoms with Crippen LogP contribution in [0.25, 0.3) is 0 Å². The molecule has 0 atom stereocenters. The van der Waals surface area contributed by atoms with Gasteiger partial charge >= 0.3 is 0 Å². The lowest BCUT2D eigenvalue weighted by Gasteiger charge is -2.21. The van der Waals surface area contributed by atoms with E-state index in [1.165, 1.54) is 0 Å². The molecule has 0 bridgehead atoms.